The zero-order valence-corrected chi connectivity index (χ0v) is 21.4. The molecule has 0 aliphatic carbocycles. The van der Waals surface area contributed by atoms with Crippen molar-refractivity contribution in [2.75, 3.05) is 0 Å². The number of benzene rings is 3. The molecule has 3 heterocycles. The number of fused-ring (bicyclic) bond motifs is 2. The van der Waals surface area contributed by atoms with E-state index in [0.717, 1.165) is 11.4 Å². The lowest BCUT2D eigenvalue weighted by atomic mass is 9.36. The molecular weight excluding hydrogens is 439 g/mol. The van der Waals surface area contributed by atoms with Gasteiger partial charge < -0.3 is 0 Å². The van der Waals surface area contributed by atoms with Crippen LogP contribution in [0.1, 0.15) is 17.0 Å². The molecule has 1 aliphatic rings. The average Bonchev–Trinajstić information content (AvgIpc) is 2.89. The standard InChI is InChI=1S/C31H27BN2Si/c1-22-12-10-11-17-27(22)32-28-20-18-23(2)33-30(28)35(25-13-6-4-7-14-25,26-15-8-5-9-16-26)31-29(32)21-19-24(3)34-31/h4-21H,1-3H3. The highest BCUT2D eigenvalue weighted by molar-refractivity contribution is 7.25. The van der Waals surface area contributed by atoms with Crippen molar-refractivity contribution in [2.45, 2.75) is 20.8 Å². The van der Waals surface area contributed by atoms with E-state index in [0.29, 0.717) is 0 Å². The first-order valence-electron chi connectivity index (χ1n) is 12.2. The Balaban J connectivity index is 1.82. The van der Waals surface area contributed by atoms with E-state index in [1.807, 2.05) is 0 Å². The molecule has 1 aliphatic heterocycles. The molecule has 3 aromatic carbocycles. The fourth-order valence-electron chi connectivity index (χ4n) is 5.82. The smallest absolute Gasteiger partial charge is 0.245 e. The van der Waals surface area contributed by atoms with Gasteiger partial charge in [-0.25, -0.2) is 0 Å². The lowest BCUT2D eigenvalue weighted by Crippen LogP contribution is -2.88. The van der Waals surface area contributed by atoms with Gasteiger partial charge in [-0.1, -0.05) is 119 Å². The van der Waals surface area contributed by atoms with Crippen LogP contribution in [-0.2, 0) is 0 Å². The maximum Gasteiger partial charge on any atom is 0.245 e. The first kappa shape index (κ1) is 21.8. The highest BCUT2D eigenvalue weighted by Gasteiger charge is 2.52. The highest BCUT2D eigenvalue weighted by Crippen LogP contribution is 2.12. The molecular formula is C31H27BN2Si. The van der Waals surface area contributed by atoms with Crippen LogP contribution in [0, 0.1) is 20.8 Å². The van der Waals surface area contributed by atoms with Crippen LogP contribution < -0.4 is 37.4 Å². The Morgan fingerprint density at radius 3 is 1.43 bits per heavy atom. The average molecular weight is 466 g/mol. The van der Waals surface area contributed by atoms with Gasteiger partial charge in [0, 0.05) is 22.0 Å². The number of hydrogen-bond acceptors (Lipinski definition) is 2. The molecule has 0 fully saturated rings. The molecule has 2 nitrogen and oxygen atoms in total. The predicted molar refractivity (Wildman–Crippen MR) is 151 cm³/mol. The van der Waals surface area contributed by atoms with Gasteiger partial charge in [0.15, 0.2) is 0 Å². The monoisotopic (exact) mass is 466 g/mol. The Bertz CT molecular complexity index is 1440. The van der Waals surface area contributed by atoms with Gasteiger partial charge in [0.05, 0.1) is 0 Å². The zero-order valence-electron chi connectivity index (χ0n) is 20.4. The second-order valence-electron chi connectivity index (χ2n) is 9.55. The lowest BCUT2D eigenvalue weighted by molar-refractivity contribution is 1.22. The SMILES string of the molecule is Cc1ccc2c(n1)[Si](c1ccccc1)(c1ccccc1)c1nc(C)ccc1B2c1ccccc1C. The van der Waals surface area contributed by atoms with Crippen LogP contribution in [0.15, 0.2) is 109 Å². The number of hydrogen-bond donors (Lipinski definition) is 0. The summed E-state index contributed by atoms with van der Waals surface area (Å²) in [6.45, 7) is 6.54. The van der Waals surface area contributed by atoms with Crippen molar-refractivity contribution in [2.24, 2.45) is 0 Å². The van der Waals surface area contributed by atoms with Crippen molar-refractivity contribution in [3.8, 4) is 0 Å². The Morgan fingerprint density at radius 2 is 0.943 bits per heavy atom. The molecule has 5 aromatic rings. The largest absolute Gasteiger partial charge is 0.262 e. The topological polar surface area (TPSA) is 25.8 Å². The molecule has 0 radical (unpaired) electrons. The Kier molecular flexibility index (Phi) is 5.27. The van der Waals surface area contributed by atoms with Crippen molar-refractivity contribution in [3.63, 3.8) is 0 Å². The van der Waals surface area contributed by atoms with E-state index in [-0.39, 0.29) is 6.71 Å². The fourth-order valence-corrected chi connectivity index (χ4v) is 10.9. The van der Waals surface area contributed by atoms with Gasteiger partial charge in [-0.2, -0.15) is 0 Å². The normalized spacial score (nSPS) is 13.7. The third-order valence-electron chi connectivity index (χ3n) is 7.38. The maximum absolute atomic E-state index is 5.38. The minimum Gasteiger partial charge on any atom is -0.262 e. The van der Waals surface area contributed by atoms with Gasteiger partial charge in [-0.05, 0) is 43.3 Å². The first-order chi connectivity index (χ1) is 17.1. The quantitative estimate of drug-likeness (QED) is 0.371. The van der Waals surface area contributed by atoms with Crippen LogP contribution in [0.25, 0.3) is 0 Å². The summed E-state index contributed by atoms with van der Waals surface area (Å²) in [5, 5.41) is 5.09. The van der Waals surface area contributed by atoms with Crippen LogP contribution >= 0.6 is 0 Å². The van der Waals surface area contributed by atoms with Crippen molar-refractivity contribution in [1.82, 2.24) is 9.97 Å². The second-order valence-corrected chi connectivity index (χ2v) is 13.2. The van der Waals surface area contributed by atoms with Gasteiger partial charge in [-0.3, -0.25) is 9.97 Å². The molecule has 0 atom stereocenters. The number of aryl methyl sites for hydroxylation is 3. The number of rotatable bonds is 3. The van der Waals surface area contributed by atoms with Crippen LogP contribution in [-0.4, -0.2) is 24.8 Å². The minimum absolute atomic E-state index is 0.107. The first-order valence-corrected chi connectivity index (χ1v) is 14.2. The van der Waals surface area contributed by atoms with Crippen LogP contribution in [0.4, 0.5) is 0 Å². The molecule has 0 spiro atoms. The van der Waals surface area contributed by atoms with Crippen LogP contribution in [0.3, 0.4) is 0 Å². The molecule has 0 amide bonds. The van der Waals surface area contributed by atoms with E-state index in [1.165, 1.54) is 43.0 Å². The summed E-state index contributed by atoms with van der Waals surface area (Å²) in [6.07, 6.45) is 0. The summed E-state index contributed by atoms with van der Waals surface area (Å²) in [6, 6.07) is 39.7. The molecule has 4 heteroatoms. The molecule has 168 valence electrons. The van der Waals surface area contributed by atoms with Crippen LogP contribution in [0.5, 0.6) is 0 Å². The predicted octanol–water partition coefficient (Wildman–Crippen LogP) is 1.61. The van der Waals surface area contributed by atoms with Crippen molar-refractivity contribution < 1.29 is 0 Å². The van der Waals surface area contributed by atoms with E-state index in [4.69, 9.17) is 9.97 Å². The summed E-state index contributed by atoms with van der Waals surface area (Å²) in [4.78, 5) is 10.8. The van der Waals surface area contributed by atoms with Gasteiger partial charge in [0.2, 0.25) is 14.8 Å². The molecule has 0 saturated carbocycles. The molecule has 35 heavy (non-hydrogen) atoms. The summed E-state index contributed by atoms with van der Waals surface area (Å²) in [5.41, 5.74) is 7.34. The van der Waals surface area contributed by atoms with Crippen LogP contribution in [0.2, 0.25) is 0 Å². The summed E-state index contributed by atoms with van der Waals surface area (Å²) in [5.74, 6) is 0. The highest BCUT2D eigenvalue weighted by atomic mass is 28.3. The van der Waals surface area contributed by atoms with Gasteiger partial charge in [-0.15, -0.1) is 0 Å². The van der Waals surface area contributed by atoms with E-state index in [2.05, 4.69) is 130 Å². The molecule has 0 saturated heterocycles. The van der Waals surface area contributed by atoms with Crippen molar-refractivity contribution in [3.05, 3.63) is 126 Å². The Hall–Kier alpha value is -3.76. The molecule has 0 N–H and O–H groups in total. The number of aromatic nitrogens is 2. The van der Waals surface area contributed by atoms with Gasteiger partial charge >= 0.3 is 0 Å². The third kappa shape index (κ3) is 3.32. The minimum atomic E-state index is -2.75. The number of pyridine rings is 2. The second kappa shape index (κ2) is 8.47. The van der Waals surface area contributed by atoms with Crippen molar-refractivity contribution >= 4 is 52.2 Å². The summed E-state index contributed by atoms with van der Waals surface area (Å²) < 4.78 is 0. The molecule has 0 unspecified atom stereocenters. The van der Waals surface area contributed by atoms with E-state index in [1.54, 1.807) is 0 Å². The van der Waals surface area contributed by atoms with Gasteiger partial charge in [0.1, 0.15) is 0 Å². The molecule has 2 aromatic heterocycles. The Labute approximate surface area is 208 Å². The van der Waals surface area contributed by atoms with E-state index >= 15 is 0 Å². The van der Waals surface area contributed by atoms with E-state index < -0.39 is 8.07 Å². The van der Waals surface area contributed by atoms with Crippen molar-refractivity contribution in [1.29, 1.82) is 0 Å². The maximum atomic E-state index is 5.38. The zero-order chi connectivity index (χ0) is 24.0. The summed E-state index contributed by atoms with van der Waals surface area (Å²) >= 11 is 0. The van der Waals surface area contributed by atoms with Gasteiger partial charge in [0.25, 0.3) is 0 Å². The lowest BCUT2D eigenvalue weighted by Gasteiger charge is -2.41. The van der Waals surface area contributed by atoms with E-state index in [9.17, 15) is 0 Å². The number of nitrogens with zero attached hydrogens (tertiary/aromatic N) is 2. The Morgan fingerprint density at radius 1 is 0.486 bits per heavy atom. The molecule has 0 bridgehead atoms. The summed E-state index contributed by atoms with van der Waals surface area (Å²) in [7, 11) is -2.75. The molecule has 6 rings (SSSR count). The third-order valence-corrected chi connectivity index (χ3v) is 12.0. The fraction of sp³-hybridized carbons (Fsp3) is 0.0968.